The summed E-state index contributed by atoms with van der Waals surface area (Å²) >= 11 is 0. The summed E-state index contributed by atoms with van der Waals surface area (Å²) in [6, 6.07) is 4.45. The molecule has 1 atom stereocenters. The van der Waals surface area contributed by atoms with Crippen LogP contribution in [0.2, 0.25) is 0 Å². The van der Waals surface area contributed by atoms with Gasteiger partial charge in [-0.05, 0) is 63.6 Å². The van der Waals surface area contributed by atoms with Gasteiger partial charge >= 0.3 is 5.97 Å². The number of carbonyl (C=O) groups excluding carboxylic acids is 1. The highest BCUT2D eigenvalue weighted by atomic mass is 32.2. The lowest BCUT2D eigenvalue weighted by atomic mass is 9.98. The molecule has 1 aliphatic carbocycles. The molecule has 1 heterocycles. The molecule has 0 aromatic heterocycles. The Bertz CT molecular complexity index is 771. The predicted molar refractivity (Wildman–Crippen MR) is 102 cm³/mol. The van der Waals surface area contributed by atoms with E-state index in [0.29, 0.717) is 6.54 Å². The van der Waals surface area contributed by atoms with Gasteiger partial charge in [0.2, 0.25) is 10.0 Å². The molecule has 2 fully saturated rings. The molecule has 150 valence electrons. The molecule has 0 bridgehead atoms. The normalized spacial score (nSPS) is 22.4. The Labute approximate surface area is 161 Å². The van der Waals surface area contributed by atoms with Crippen LogP contribution < -0.4 is 4.74 Å². The number of carbonyl (C=O) groups is 1. The van der Waals surface area contributed by atoms with E-state index >= 15 is 0 Å². The first-order valence-corrected chi connectivity index (χ1v) is 11.3. The van der Waals surface area contributed by atoms with Gasteiger partial charge in [0.15, 0.2) is 0 Å². The number of benzene rings is 1. The minimum absolute atomic E-state index is 0.0387. The Balaban J connectivity index is 1.87. The van der Waals surface area contributed by atoms with Crippen molar-refractivity contribution in [3.8, 4) is 5.75 Å². The summed E-state index contributed by atoms with van der Waals surface area (Å²) in [4.78, 5) is 12.6. The minimum Gasteiger partial charge on any atom is -0.495 e. The van der Waals surface area contributed by atoms with E-state index in [1.54, 1.807) is 12.1 Å². The van der Waals surface area contributed by atoms with Gasteiger partial charge in [-0.25, -0.2) is 13.2 Å². The third kappa shape index (κ3) is 4.46. The summed E-state index contributed by atoms with van der Waals surface area (Å²) in [6.07, 6.45) is 7.68. The molecule has 0 unspecified atom stereocenters. The fourth-order valence-electron chi connectivity index (χ4n) is 3.96. The van der Waals surface area contributed by atoms with Crippen molar-refractivity contribution in [1.82, 2.24) is 4.31 Å². The summed E-state index contributed by atoms with van der Waals surface area (Å²) in [5.74, 6) is -0.213. The highest BCUT2D eigenvalue weighted by Crippen LogP contribution is 2.32. The number of piperidine rings is 1. The number of hydrogen-bond donors (Lipinski definition) is 0. The lowest BCUT2D eigenvalue weighted by Crippen LogP contribution is -2.42. The van der Waals surface area contributed by atoms with Gasteiger partial charge < -0.3 is 9.47 Å². The van der Waals surface area contributed by atoms with Crippen molar-refractivity contribution in [3.63, 3.8) is 0 Å². The van der Waals surface area contributed by atoms with Crippen LogP contribution in [0.5, 0.6) is 5.75 Å². The van der Waals surface area contributed by atoms with E-state index in [2.05, 4.69) is 0 Å². The van der Waals surface area contributed by atoms with Crippen LogP contribution >= 0.6 is 0 Å². The van der Waals surface area contributed by atoms with E-state index in [0.717, 1.165) is 44.9 Å². The third-order valence-corrected chi connectivity index (χ3v) is 7.59. The van der Waals surface area contributed by atoms with Crippen molar-refractivity contribution in [1.29, 1.82) is 0 Å². The second-order valence-corrected chi connectivity index (χ2v) is 9.35. The zero-order chi connectivity index (χ0) is 19.4. The molecular weight excluding hydrogens is 366 g/mol. The zero-order valence-corrected chi connectivity index (χ0v) is 17.0. The molecule has 3 rings (SSSR count). The topological polar surface area (TPSA) is 72.9 Å². The van der Waals surface area contributed by atoms with E-state index in [1.165, 1.54) is 23.9 Å². The van der Waals surface area contributed by atoms with Gasteiger partial charge in [0.05, 0.1) is 12.7 Å². The van der Waals surface area contributed by atoms with Gasteiger partial charge in [0.25, 0.3) is 0 Å². The summed E-state index contributed by atoms with van der Waals surface area (Å²) < 4.78 is 38.9. The maximum Gasteiger partial charge on any atom is 0.338 e. The molecule has 1 saturated carbocycles. The molecule has 2 aliphatic rings. The molecule has 1 aromatic carbocycles. The Hall–Kier alpha value is -1.60. The SMILES string of the molecule is COc1ccc(C(=O)OC2CCCCC2)cc1S(=O)(=O)N1CCCC[C@H]1C. The number of hydrogen-bond acceptors (Lipinski definition) is 5. The molecule has 1 saturated heterocycles. The van der Waals surface area contributed by atoms with Gasteiger partial charge in [-0.1, -0.05) is 12.8 Å². The number of sulfonamides is 1. The number of methoxy groups -OCH3 is 1. The van der Waals surface area contributed by atoms with Crippen LogP contribution in [0, 0.1) is 0 Å². The van der Waals surface area contributed by atoms with Gasteiger partial charge in [-0.15, -0.1) is 0 Å². The van der Waals surface area contributed by atoms with Crippen LogP contribution in [0.3, 0.4) is 0 Å². The molecule has 0 amide bonds. The van der Waals surface area contributed by atoms with E-state index < -0.39 is 16.0 Å². The summed E-state index contributed by atoms with van der Waals surface area (Å²) in [6.45, 7) is 2.41. The molecule has 7 heteroatoms. The highest BCUT2D eigenvalue weighted by molar-refractivity contribution is 7.89. The monoisotopic (exact) mass is 395 g/mol. The standard InChI is InChI=1S/C20H29NO5S/c1-15-8-6-7-13-21(15)27(23,24)19-14-16(11-12-18(19)25-2)20(22)26-17-9-4-3-5-10-17/h11-12,14-15,17H,3-10,13H2,1-2H3/t15-/m1/s1. The van der Waals surface area contributed by atoms with E-state index in [9.17, 15) is 13.2 Å². The van der Waals surface area contributed by atoms with Crippen LogP contribution in [0.1, 0.15) is 68.6 Å². The Morgan fingerprint density at radius 1 is 1.07 bits per heavy atom. The van der Waals surface area contributed by atoms with Crippen LogP contribution in [-0.4, -0.2) is 44.5 Å². The van der Waals surface area contributed by atoms with Crippen molar-refractivity contribution < 1.29 is 22.7 Å². The Kier molecular flexibility index (Phi) is 6.42. The third-order valence-electron chi connectivity index (χ3n) is 5.55. The van der Waals surface area contributed by atoms with Crippen molar-refractivity contribution in [2.45, 2.75) is 75.3 Å². The van der Waals surface area contributed by atoms with Crippen LogP contribution in [0.25, 0.3) is 0 Å². The van der Waals surface area contributed by atoms with Crippen molar-refractivity contribution in [3.05, 3.63) is 23.8 Å². The highest BCUT2D eigenvalue weighted by Gasteiger charge is 2.34. The molecular formula is C20H29NO5S. The van der Waals surface area contributed by atoms with E-state index in [-0.39, 0.29) is 28.4 Å². The van der Waals surface area contributed by atoms with Crippen molar-refractivity contribution in [2.24, 2.45) is 0 Å². The molecule has 0 N–H and O–H groups in total. The number of esters is 1. The second-order valence-electron chi connectivity index (χ2n) is 7.49. The quantitative estimate of drug-likeness (QED) is 0.710. The Morgan fingerprint density at radius 3 is 2.44 bits per heavy atom. The average Bonchev–Trinajstić information content (AvgIpc) is 2.68. The summed E-state index contributed by atoms with van der Waals surface area (Å²) in [5.41, 5.74) is 0.254. The Morgan fingerprint density at radius 2 is 1.78 bits per heavy atom. The van der Waals surface area contributed by atoms with Gasteiger partial charge in [-0.2, -0.15) is 4.31 Å². The number of rotatable bonds is 5. The van der Waals surface area contributed by atoms with Crippen LogP contribution in [-0.2, 0) is 14.8 Å². The largest absolute Gasteiger partial charge is 0.495 e. The molecule has 1 aliphatic heterocycles. The fourth-order valence-corrected chi connectivity index (χ4v) is 5.85. The average molecular weight is 396 g/mol. The zero-order valence-electron chi connectivity index (χ0n) is 16.1. The van der Waals surface area contributed by atoms with Crippen molar-refractivity contribution >= 4 is 16.0 Å². The maximum absolute atomic E-state index is 13.2. The summed E-state index contributed by atoms with van der Waals surface area (Å²) in [5, 5.41) is 0. The van der Waals surface area contributed by atoms with E-state index in [4.69, 9.17) is 9.47 Å². The first kappa shape index (κ1) is 20.1. The molecule has 0 radical (unpaired) electrons. The van der Waals surface area contributed by atoms with Crippen molar-refractivity contribution in [2.75, 3.05) is 13.7 Å². The lowest BCUT2D eigenvalue weighted by molar-refractivity contribution is 0.0211. The smallest absolute Gasteiger partial charge is 0.338 e. The maximum atomic E-state index is 13.2. The summed E-state index contributed by atoms with van der Waals surface area (Å²) in [7, 11) is -2.30. The second kappa shape index (κ2) is 8.61. The number of ether oxygens (including phenoxy) is 2. The van der Waals surface area contributed by atoms with Gasteiger partial charge in [0.1, 0.15) is 16.7 Å². The molecule has 1 aromatic rings. The molecule has 0 spiro atoms. The molecule has 27 heavy (non-hydrogen) atoms. The van der Waals surface area contributed by atoms with Crippen LogP contribution in [0.15, 0.2) is 23.1 Å². The minimum atomic E-state index is -3.74. The lowest BCUT2D eigenvalue weighted by Gasteiger charge is -2.32. The first-order chi connectivity index (χ1) is 12.9. The molecule has 6 nitrogen and oxygen atoms in total. The van der Waals surface area contributed by atoms with Gasteiger partial charge in [-0.3, -0.25) is 0 Å². The van der Waals surface area contributed by atoms with Crippen LogP contribution in [0.4, 0.5) is 0 Å². The van der Waals surface area contributed by atoms with Gasteiger partial charge in [0, 0.05) is 12.6 Å². The number of nitrogens with zero attached hydrogens (tertiary/aromatic N) is 1. The predicted octanol–water partition coefficient (Wildman–Crippen LogP) is 3.75. The van der Waals surface area contributed by atoms with E-state index in [1.807, 2.05) is 6.92 Å². The fraction of sp³-hybridized carbons (Fsp3) is 0.650. The first-order valence-electron chi connectivity index (χ1n) is 9.84.